The molecule has 0 saturated carbocycles. The van der Waals surface area contributed by atoms with Gasteiger partial charge < -0.3 is 20.1 Å². The summed E-state index contributed by atoms with van der Waals surface area (Å²) in [6.45, 7) is -0.0960. The maximum atomic E-state index is 14.0. The molecule has 0 saturated heterocycles. The Hall–Kier alpha value is -3.45. The number of aromatic nitrogens is 2. The number of halogens is 6. The molecule has 1 atom stereocenters. The molecule has 13 heteroatoms. The van der Waals surface area contributed by atoms with Crippen LogP contribution in [0.5, 0.6) is 0 Å². The number of hydrogen-bond donors (Lipinski definition) is 1. The fourth-order valence-corrected chi connectivity index (χ4v) is 4.53. The van der Waals surface area contributed by atoms with E-state index in [0.717, 1.165) is 23.1 Å². The minimum absolute atomic E-state index is 0.0292. The van der Waals surface area contributed by atoms with Crippen LogP contribution in [0.3, 0.4) is 0 Å². The van der Waals surface area contributed by atoms with E-state index in [9.17, 15) is 31.1 Å². The molecule has 36 heavy (non-hydrogen) atoms. The van der Waals surface area contributed by atoms with Crippen molar-refractivity contribution >= 4 is 22.6 Å². The van der Waals surface area contributed by atoms with Crippen molar-refractivity contribution in [1.29, 1.82) is 0 Å². The summed E-state index contributed by atoms with van der Waals surface area (Å²) in [5.41, 5.74) is 4.22. The summed E-state index contributed by atoms with van der Waals surface area (Å²) in [6, 6.07) is 2.88. The molecule has 7 nitrogen and oxygen atoms in total. The van der Waals surface area contributed by atoms with Gasteiger partial charge in [-0.3, -0.25) is 4.79 Å². The van der Waals surface area contributed by atoms with Crippen LogP contribution in [0.2, 0.25) is 0 Å². The molecular weight excluding hydrogens is 494 g/mol. The van der Waals surface area contributed by atoms with Gasteiger partial charge in [-0.05, 0) is 23.8 Å². The molecule has 1 aromatic carbocycles. The maximum Gasteiger partial charge on any atom is 0.433 e. The lowest BCUT2D eigenvalue weighted by molar-refractivity contribution is -0.141. The maximum absolute atomic E-state index is 14.0. The van der Waals surface area contributed by atoms with Gasteiger partial charge in [-0.25, -0.2) is 9.97 Å². The first-order chi connectivity index (χ1) is 16.9. The van der Waals surface area contributed by atoms with Gasteiger partial charge in [0.25, 0.3) is 5.91 Å². The van der Waals surface area contributed by atoms with Crippen LogP contribution in [-0.2, 0) is 41.6 Å². The number of ether oxygens (including phenoxy) is 2. The summed E-state index contributed by atoms with van der Waals surface area (Å²) >= 11 is 0. The molecule has 0 aliphatic carbocycles. The van der Waals surface area contributed by atoms with Crippen molar-refractivity contribution in [3.05, 3.63) is 63.5 Å². The van der Waals surface area contributed by atoms with Gasteiger partial charge in [0.15, 0.2) is 0 Å². The average molecular weight is 512 g/mol. The second-order valence-corrected chi connectivity index (χ2v) is 8.54. The van der Waals surface area contributed by atoms with E-state index in [2.05, 4.69) is 9.97 Å². The van der Waals surface area contributed by atoms with E-state index in [0.29, 0.717) is 16.5 Å². The minimum atomic E-state index is -4.89. The van der Waals surface area contributed by atoms with E-state index in [1.165, 1.54) is 13.1 Å². The van der Waals surface area contributed by atoms with E-state index in [4.69, 9.17) is 15.2 Å². The Balaban J connectivity index is 1.59. The predicted molar refractivity (Wildman–Crippen MR) is 113 cm³/mol. The Morgan fingerprint density at radius 1 is 1.00 bits per heavy atom. The standard InChI is InChI=1S/C23H18F6N4O3/c1-33(18-9-36-8-17-10(18)2-3-19(31-17)23(27,28)29)21(34)12-4-11-13-6-35-7-14(13)20(30)32-16(11)5-15(12)22(24,25)26/h2-5,18H,6-9H2,1H3,(H2,30,32)/t18-/m1/s1. The second-order valence-electron chi connectivity index (χ2n) is 8.54. The normalized spacial score (nSPS) is 17.7. The third kappa shape index (κ3) is 4.01. The molecule has 0 bridgehead atoms. The number of amides is 1. The molecule has 2 aromatic heterocycles. The van der Waals surface area contributed by atoms with Gasteiger partial charge in [-0.1, -0.05) is 6.07 Å². The molecule has 2 N–H and O–H groups in total. The largest absolute Gasteiger partial charge is 0.433 e. The third-order valence-electron chi connectivity index (χ3n) is 6.37. The van der Waals surface area contributed by atoms with E-state index in [1.54, 1.807) is 0 Å². The SMILES string of the molecule is CN(C(=O)c1cc2c3c(c(N)nc2cc1C(F)(F)F)COC3)[C@@H]1COCc2nc(C(F)(F)F)ccc21. The Kier molecular flexibility index (Phi) is 5.59. The zero-order chi connectivity index (χ0) is 26.0. The third-order valence-corrected chi connectivity index (χ3v) is 6.37. The number of nitrogens with zero attached hydrogens (tertiary/aromatic N) is 3. The fraction of sp³-hybridized carbons (Fsp3) is 0.348. The molecule has 5 rings (SSSR count). The number of anilines is 1. The van der Waals surface area contributed by atoms with Crippen LogP contribution in [-0.4, -0.2) is 34.4 Å². The highest BCUT2D eigenvalue weighted by molar-refractivity contribution is 6.01. The lowest BCUT2D eigenvalue weighted by Crippen LogP contribution is -2.37. The number of alkyl halides is 6. The average Bonchev–Trinajstić information content (AvgIpc) is 3.32. The number of hydrogen-bond acceptors (Lipinski definition) is 6. The molecule has 3 aromatic rings. The van der Waals surface area contributed by atoms with Crippen molar-refractivity contribution < 1.29 is 40.6 Å². The molecule has 2 aliphatic heterocycles. The van der Waals surface area contributed by atoms with E-state index in [-0.39, 0.29) is 49.0 Å². The summed E-state index contributed by atoms with van der Waals surface area (Å²) in [4.78, 5) is 22.1. The van der Waals surface area contributed by atoms with Crippen LogP contribution in [0.4, 0.5) is 32.2 Å². The minimum Gasteiger partial charge on any atom is -0.383 e. The van der Waals surface area contributed by atoms with Crippen LogP contribution in [0, 0.1) is 0 Å². The Morgan fingerprint density at radius 3 is 2.42 bits per heavy atom. The quantitative estimate of drug-likeness (QED) is 0.504. The van der Waals surface area contributed by atoms with Crippen molar-refractivity contribution in [3.8, 4) is 0 Å². The van der Waals surface area contributed by atoms with Crippen molar-refractivity contribution in [2.24, 2.45) is 0 Å². The summed E-state index contributed by atoms with van der Waals surface area (Å²) in [6.07, 6.45) is -9.58. The fourth-order valence-electron chi connectivity index (χ4n) is 4.53. The number of carbonyl (C=O) groups excluding carboxylic acids is 1. The first kappa shape index (κ1) is 24.3. The van der Waals surface area contributed by atoms with Gasteiger partial charge in [-0.15, -0.1) is 0 Å². The Morgan fingerprint density at radius 2 is 1.72 bits per heavy atom. The van der Waals surface area contributed by atoms with Gasteiger partial charge in [-0.2, -0.15) is 26.3 Å². The lowest BCUT2D eigenvalue weighted by atomic mass is 9.96. The highest BCUT2D eigenvalue weighted by atomic mass is 19.4. The first-order valence-electron chi connectivity index (χ1n) is 10.7. The molecule has 4 heterocycles. The van der Waals surface area contributed by atoms with Gasteiger partial charge in [0.2, 0.25) is 0 Å². The monoisotopic (exact) mass is 512 g/mol. The number of nitrogens with two attached hydrogens (primary N) is 1. The zero-order valence-electron chi connectivity index (χ0n) is 18.6. The highest BCUT2D eigenvalue weighted by Crippen LogP contribution is 2.40. The molecular formula is C23H18F6N4O3. The number of rotatable bonds is 2. The van der Waals surface area contributed by atoms with E-state index >= 15 is 0 Å². The van der Waals surface area contributed by atoms with Crippen LogP contribution in [0.1, 0.15) is 50.0 Å². The molecule has 2 aliphatic rings. The number of pyridine rings is 2. The number of benzene rings is 1. The summed E-state index contributed by atoms with van der Waals surface area (Å²) < 4.78 is 92.0. The second kappa shape index (κ2) is 8.30. The van der Waals surface area contributed by atoms with Crippen molar-refractivity contribution in [2.45, 2.75) is 38.2 Å². The Bertz CT molecular complexity index is 1390. The molecule has 190 valence electrons. The number of fused-ring (bicyclic) bond motifs is 4. The van der Waals surface area contributed by atoms with Crippen molar-refractivity contribution in [2.75, 3.05) is 19.4 Å². The van der Waals surface area contributed by atoms with Gasteiger partial charge >= 0.3 is 12.4 Å². The first-order valence-corrected chi connectivity index (χ1v) is 10.7. The van der Waals surface area contributed by atoms with Crippen LogP contribution in [0.15, 0.2) is 24.3 Å². The van der Waals surface area contributed by atoms with E-state index in [1.807, 2.05) is 0 Å². The topological polar surface area (TPSA) is 90.6 Å². The number of carbonyl (C=O) groups is 1. The highest BCUT2D eigenvalue weighted by Gasteiger charge is 2.40. The van der Waals surface area contributed by atoms with Gasteiger partial charge in [0.05, 0.1) is 54.8 Å². The molecule has 0 radical (unpaired) electrons. The summed E-state index contributed by atoms with van der Waals surface area (Å²) in [5, 5.41) is 0.304. The molecule has 0 unspecified atom stereocenters. The summed E-state index contributed by atoms with van der Waals surface area (Å²) in [5.74, 6) is -0.934. The van der Waals surface area contributed by atoms with Crippen LogP contribution in [0.25, 0.3) is 10.9 Å². The van der Waals surface area contributed by atoms with Gasteiger partial charge in [0, 0.05) is 23.6 Å². The van der Waals surface area contributed by atoms with Crippen molar-refractivity contribution in [3.63, 3.8) is 0 Å². The number of likely N-dealkylation sites (N-methyl/N-ethyl adjacent to an activating group) is 1. The lowest BCUT2D eigenvalue weighted by Gasteiger charge is -2.33. The van der Waals surface area contributed by atoms with Crippen molar-refractivity contribution in [1.82, 2.24) is 14.9 Å². The molecule has 1 amide bonds. The molecule has 0 spiro atoms. The van der Waals surface area contributed by atoms with Crippen LogP contribution < -0.4 is 5.73 Å². The summed E-state index contributed by atoms with van der Waals surface area (Å²) in [7, 11) is 1.27. The van der Waals surface area contributed by atoms with E-state index < -0.39 is 41.1 Å². The number of nitrogen functional groups attached to an aromatic ring is 1. The van der Waals surface area contributed by atoms with Gasteiger partial charge in [0.1, 0.15) is 11.5 Å². The molecule has 0 fully saturated rings. The Labute approximate surface area is 199 Å². The smallest absolute Gasteiger partial charge is 0.383 e. The zero-order valence-corrected chi connectivity index (χ0v) is 18.6. The van der Waals surface area contributed by atoms with Crippen LogP contribution >= 0.6 is 0 Å². The predicted octanol–water partition coefficient (Wildman–Crippen LogP) is 4.62.